The van der Waals surface area contributed by atoms with Crippen LogP contribution < -0.4 is 4.90 Å². The Labute approximate surface area is 109 Å². The van der Waals surface area contributed by atoms with E-state index >= 15 is 0 Å². The van der Waals surface area contributed by atoms with Crippen molar-refractivity contribution in [2.24, 2.45) is 0 Å². The number of carbonyl (C=O) groups is 1. The first-order valence-electron chi connectivity index (χ1n) is 6.69. The van der Waals surface area contributed by atoms with E-state index in [0.717, 1.165) is 18.5 Å². The largest absolute Gasteiger partial charge is 0.384 e. The van der Waals surface area contributed by atoms with Crippen molar-refractivity contribution in [3.8, 4) is 0 Å². The van der Waals surface area contributed by atoms with Crippen molar-refractivity contribution < 1.29 is 9.53 Å². The first-order chi connectivity index (χ1) is 8.83. The maximum absolute atomic E-state index is 12.3. The number of benzene rings is 1. The second-order valence-corrected chi connectivity index (χ2v) is 4.78. The van der Waals surface area contributed by atoms with E-state index in [-0.39, 0.29) is 5.91 Å². The van der Waals surface area contributed by atoms with Crippen molar-refractivity contribution in [2.75, 3.05) is 18.6 Å². The van der Waals surface area contributed by atoms with Gasteiger partial charge in [0.25, 0.3) is 0 Å². The van der Waals surface area contributed by atoms with E-state index in [1.165, 1.54) is 12.8 Å². The topological polar surface area (TPSA) is 29.5 Å². The van der Waals surface area contributed by atoms with E-state index in [0.29, 0.717) is 19.1 Å². The summed E-state index contributed by atoms with van der Waals surface area (Å²) in [5, 5.41) is 0. The third-order valence-electron chi connectivity index (χ3n) is 3.51. The highest BCUT2D eigenvalue weighted by molar-refractivity contribution is 5.94. The Morgan fingerprint density at radius 3 is 2.56 bits per heavy atom. The lowest BCUT2D eigenvalue weighted by Gasteiger charge is -2.29. The molecular formula is C15H21NO2. The zero-order valence-electron chi connectivity index (χ0n) is 11.0. The van der Waals surface area contributed by atoms with Gasteiger partial charge in [-0.05, 0) is 25.0 Å². The lowest BCUT2D eigenvalue weighted by Crippen LogP contribution is -2.39. The average Bonchev–Trinajstić information content (AvgIpc) is 2.92. The number of para-hydroxylation sites is 1. The Morgan fingerprint density at radius 1 is 1.28 bits per heavy atom. The predicted molar refractivity (Wildman–Crippen MR) is 72.7 cm³/mol. The highest BCUT2D eigenvalue weighted by Gasteiger charge is 2.27. The number of rotatable bonds is 5. The Bertz CT molecular complexity index is 371. The third-order valence-corrected chi connectivity index (χ3v) is 3.51. The molecular weight excluding hydrogens is 226 g/mol. The molecule has 2 rings (SSSR count). The second kappa shape index (κ2) is 6.55. The molecule has 1 saturated carbocycles. The minimum atomic E-state index is 0.176. The molecule has 0 aliphatic heterocycles. The number of carbonyl (C=O) groups excluding carboxylic acids is 1. The lowest BCUT2D eigenvalue weighted by atomic mass is 10.1. The van der Waals surface area contributed by atoms with Crippen LogP contribution in [0.15, 0.2) is 30.3 Å². The molecule has 0 heterocycles. The van der Waals surface area contributed by atoms with Crippen LogP contribution in [0.4, 0.5) is 5.69 Å². The fourth-order valence-corrected chi connectivity index (χ4v) is 2.62. The number of methoxy groups -OCH3 is 1. The summed E-state index contributed by atoms with van der Waals surface area (Å²) >= 11 is 0. The van der Waals surface area contributed by atoms with Crippen LogP contribution in [0.3, 0.4) is 0 Å². The molecule has 0 atom stereocenters. The van der Waals surface area contributed by atoms with Gasteiger partial charge in [0.15, 0.2) is 0 Å². The fraction of sp³-hybridized carbons (Fsp3) is 0.533. The van der Waals surface area contributed by atoms with Crippen molar-refractivity contribution in [1.82, 2.24) is 0 Å². The summed E-state index contributed by atoms with van der Waals surface area (Å²) < 4.78 is 5.01. The molecule has 0 unspecified atom stereocenters. The summed E-state index contributed by atoms with van der Waals surface area (Å²) in [5.74, 6) is 0.176. The highest BCUT2D eigenvalue weighted by atomic mass is 16.5. The molecule has 0 bridgehead atoms. The molecule has 0 N–H and O–H groups in total. The van der Waals surface area contributed by atoms with Crippen LogP contribution in [-0.2, 0) is 9.53 Å². The van der Waals surface area contributed by atoms with E-state index < -0.39 is 0 Å². The van der Waals surface area contributed by atoms with Crippen LogP contribution in [0.25, 0.3) is 0 Å². The Morgan fingerprint density at radius 2 is 1.94 bits per heavy atom. The lowest BCUT2D eigenvalue weighted by molar-refractivity contribution is -0.119. The van der Waals surface area contributed by atoms with Crippen LogP contribution in [0.2, 0.25) is 0 Å². The molecule has 1 aliphatic rings. The summed E-state index contributed by atoms with van der Waals surface area (Å²) in [7, 11) is 1.63. The molecule has 1 aromatic rings. The maximum atomic E-state index is 12.3. The van der Waals surface area contributed by atoms with Gasteiger partial charge in [0.2, 0.25) is 5.91 Å². The molecule has 1 amide bonds. The number of nitrogens with zero attached hydrogens (tertiary/aromatic N) is 1. The summed E-state index contributed by atoms with van der Waals surface area (Å²) in [4.78, 5) is 14.3. The maximum Gasteiger partial charge on any atom is 0.229 e. The van der Waals surface area contributed by atoms with Gasteiger partial charge in [-0.25, -0.2) is 0 Å². The Balaban J connectivity index is 2.14. The van der Waals surface area contributed by atoms with Gasteiger partial charge in [-0.3, -0.25) is 4.79 Å². The SMILES string of the molecule is COCCC(=O)N(c1ccccc1)C1CCCC1. The summed E-state index contributed by atoms with van der Waals surface area (Å²) in [5.41, 5.74) is 1.02. The number of ether oxygens (including phenoxy) is 1. The van der Waals surface area contributed by atoms with Crippen LogP contribution in [-0.4, -0.2) is 25.7 Å². The molecule has 3 nitrogen and oxygen atoms in total. The first kappa shape index (κ1) is 13.1. The van der Waals surface area contributed by atoms with Crippen molar-refractivity contribution in [1.29, 1.82) is 0 Å². The Kier molecular flexibility index (Phi) is 4.76. The molecule has 18 heavy (non-hydrogen) atoms. The normalized spacial score (nSPS) is 15.8. The number of hydrogen-bond acceptors (Lipinski definition) is 2. The second-order valence-electron chi connectivity index (χ2n) is 4.78. The average molecular weight is 247 g/mol. The van der Waals surface area contributed by atoms with Gasteiger partial charge in [-0.1, -0.05) is 31.0 Å². The van der Waals surface area contributed by atoms with E-state index in [1.54, 1.807) is 7.11 Å². The van der Waals surface area contributed by atoms with Gasteiger partial charge in [-0.15, -0.1) is 0 Å². The van der Waals surface area contributed by atoms with E-state index in [1.807, 2.05) is 35.2 Å². The van der Waals surface area contributed by atoms with Crippen LogP contribution >= 0.6 is 0 Å². The fourth-order valence-electron chi connectivity index (χ4n) is 2.62. The quantitative estimate of drug-likeness (QED) is 0.800. The molecule has 98 valence electrons. The standard InChI is InChI=1S/C15H21NO2/c1-18-12-11-15(17)16(14-9-5-6-10-14)13-7-3-2-4-8-13/h2-4,7-8,14H,5-6,9-12H2,1H3. The van der Waals surface area contributed by atoms with Gasteiger partial charge >= 0.3 is 0 Å². The van der Waals surface area contributed by atoms with E-state index in [2.05, 4.69) is 0 Å². The van der Waals surface area contributed by atoms with Gasteiger partial charge in [0, 0.05) is 18.8 Å². The highest BCUT2D eigenvalue weighted by Crippen LogP contribution is 2.28. The predicted octanol–water partition coefficient (Wildman–Crippen LogP) is 3.00. The molecule has 1 aliphatic carbocycles. The zero-order valence-corrected chi connectivity index (χ0v) is 11.0. The van der Waals surface area contributed by atoms with Crippen LogP contribution in [0.1, 0.15) is 32.1 Å². The van der Waals surface area contributed by atoms with Crippen molar-refractivity contribution in [3.05, 3.63) is 30.3 Å². The molecule has 0 spiro atoms. The molecule has 3 heteroatoms. The summed E-state index contributed by atoms with van der Waals surface area (Å²) in [6, 6.07) is 10.4. The van der Waals surface area contributed by atoms with Crippen molar-refractivity contribution >= 4 is 11.6 Å². The smallest absolute Gasteiger partial charge is 0.229 e. The van der Waals surface area contributed by atoms with Gasteiger partial charge in [-0.2, -0.15) is 0 Å². The minimum absolute atomic E-state index is 0.176. The van der Waals surface area contributed by atoms with Crippen LogP contribution in [0.5, 0.6) is 0 Å². The number of amides is 1. The Hall–Kier alpha value is -1.35. The molecule has 0 aromatic heterocycles. The van der Waals surface area contributed by atoms with Crippen molar-refractivity contribution in [2.45, 2.75) is 38.1 Å². The molecule has 1 fully saturated rings. The van der Waals surface area contributed by atoms with Gasteiger partial charge in [0.05, 0.1) is 13.0 Å². The third kappa shape index (κ3) is 3.10. The first-order valence-corrected chi connectivity index (χ1v) is 6.69. The molecule has 0 radical (unpaired) electrons. The zero-order chi connectivity index (χ0) is 12.8. The summed E-state index contributed by atoms with van der Waals surface area (Å²) in [6.07, 6.45) is 5.15. The minimum Gasteiger partial charge on any atom is -0.384 e. The van der Waals surface area contributed by atoms with Crippen LogP contribution in [0, 0.1) is 0 Å². The van der Waals surface area contributed by atoms with Crippen molar-refractivity contribution in [3.63, 3.8) is 0 Å². The number of hydrogen-bond donors (Lipinski definition) is 0. The van der Waals surface area contributed by atoms with Gasteiger partial charge in [0.1, 0.15) is 0 Å². The molecule has 0 saturated heterocycles. The summed E-state index contributed by atoms with van der Waals surface area (Å²) in [6.45, 7) is 0.495. The van der Waals surface area contributed by atoms with E-state index in [9.17, 15) is 4.79 Å². The number of anilines is 1. The molecule has 1 aromatic carbocycles. The monoisotopic (exact) mass is 247 g/mol. The van der Waals surface area contributed by atoms with Gasteiger partial charge < -0.3 is 9.64 Å². The van der Waals surface area contributed by atoms with E-state index in [4.69, 9.17) is 4.74 Å².